The highest BCUT2D eigenvalue weighted by Crippen LogP contribution is 2.34. The van der Waals surface area contributed by atoms with Crippen LogP contribution in [-0.4, -0.2) is 31.3 Å². The molecule has 0 radical (unpaired) electrons. The van der Waals surface area contributed by atoms with Crippen molar-refractivity contribution in [1.29, 1.82) is 0 Å². The average molecular weight is 352 g/mol. The molecule has 94 valence electrons. The number of H-pyrrole nitrogens is 1. The highest BCUT2D eigenvalue weighted by atomic mass is 127. The minimum atomic E-state index is -0.601. The first-order valence-corrected chi connectivity index (χ1v) is 6.78. The van der Waals surface area contributed by atoms with E-state index >= 15 is 0 Å². The molecule has 1 aliphatic rings. The van der Waals surface area contributed by atoms with Crippen LogP contribution in [0.25, 0.3) is 0 Å². The number of aliphatic hydroxyl groups is 1. The van der Waals surface area contributed by atoms with E-state index < -0.39 is 23.6 Å². The molecule has 1 fully saturated rings. The van der Waals surface area contributed by atoms with Crippen molar-refractivity contribution in [2.45, 2.75) is 25.4 Å². The summed E-state index contributed by atoms with van der Waals surface area (Å²) in [6.07, 6.45) is -0.0239. The molecule has 1 aromatic heterocycles. The number of aliphatic hydroxyl groups excluding tert-OH is 1. The lowest BCUT2D eigenvalue weighted by Gasteiger charge is -2.17. The van der Waals surface area contributed by atoms with Gasteiger partial charge >= 0.3 is 5.69 Å². The molecule has 2 N–H and O–H groups in total. The van der Waals surface area contributed by atoms with Gasteiger partial charge in [0.05, 0.1) is 12.2 Å². The molecule has 0 aromatic carbocycles. The van der Waals surface area contributed by atoms with Crippen LogP contribution < -0.4 is 11.2 Å². The third-order valence-corrected chi connectivity index (χ3v) is 3.83. The van der Waals surface area contributed by atoms with Gasteiger partial charge in [0.2, 0.25) is 0 Å². The largest absolute Gasteiger partial charge is 0.390 e. The number of rotatable bonds is 2. The molecule has 0 bridgehead atoms. The molecule has 4 atom stereocenters. The Morgan fingerprint density at radius 1 is 1.59 bits per heavy atom. The van der Waals surface area contributed by atoms with Gasteiger partial charge in [-0.15, -0.1) is 0 Å². The fourth-order valence-corrected chi connectivity index (χ4v) is 2.69. The minimum Gasteiger partial charge on any atom is -0.390 e. The van der Waals surface area contributed by atoms with E-state index in [1.54, 1.807) is 0 Å². The summed E-state index contributed by atoms with van der Waals surface area (Å²) in [5, 5.41) is 9.92. The van der Waals surface area contributed by atoms with Crippen LogP contribution in [0.2, 0.25) is 0 Å². The fourth-order valence-electron chi connectivity index (χ4n) is 1.97. The molecule has 6 nitrogen and oxygen atoms in total. The molecule has 2 heterocycles. The first kappa shape index (κ1) is 12.8. The van der Waals surface area contributed by atoms with Crippen LogP contribution in [0.5, 0.6) is 0 Å². The van der Waals surface area contributed by atoms with Crippen LogP contribution in [0.4, 0.5) is 0 Å². The number of nitrogens with one attached hydrogen (secondary N) is 1. The maximum absolute atomic E-state index is 11.6. The van der Waals surface area contributed by atoms with Gasteiger partial charge in [-0.3, -0.25) is 14.3 Å². The summed E-state index contributed by atoms with van der Waals surface area (Å²) in [5.74, 6) is -0.196. The first-order chi connectivity index (χ1) is 8.04. The molecule has 0 spiro atoms. The molecule has 17 heavy (non-hydrogen) atoms. The fraction of sp³-hybridized carbons (Fsp3) is 0.600. The van der Waals surface area contributed by atoms with Gasteiger partial charge in [0.1, 0.15) is 6.23 Å². The number of alkyl halides is 1. The molecular weight excluding hydrogens is 339 g/mol. The van der Waals surface area contributed by atoms with Crippen LogP contribution in [-0.2, 0) is 4.74 Å². The van der Waals surface area contributed by atoms with Gasteiger partial charge in [0.15, 0.2) is 0 Å². The van der Waals surface area contributed by atoms with Crippen molar-refractivity contribution in [2.75, 3.05) is 4.43 Å². The number of aromatic nitrogens is 2. The van der Waals surface area contributed by atoms with Crippen LogP contribution in [0.3, 0.4) is 0 Å². The second-order valence-corrected chi connectivity index (χ2v) is 4.97. The summed E-state index contributed by atoms with van der Waals surface area (Å²) in [5.41, 5.74) is -0.960. The number of nitrogens with zero attached hydrogens (tertiary/aromatic N) is 1. The smallest absolute Gasteiger partial charge is 0.330 e. The molecule has 0 saturated carbocycles. The van der Waals surface area contributed by atoms with Crippen LogP contribution in [0.1, 0.15) is 13.2 Å². The van der Waals surface area contributed by atoms with Crippen molar-refractivity contribution in [1.82, 2.24) is 9.55 Å². The van der Waals surface area contributed by atoms with E-state index in [0.29, 0.717) is 4.43 Å². The van der Waals surface area contributed by atoms with Crippen LogP contribution >= 0.6 is 22.6 Å². The van der Waals surface area contributed by atoms with Crippen LogP contribution in [0, 0.1) is 5.92 Å². The summed E-state index contributed by atoms with van der Waals surface area (Å²) >= 11 is 2.13. The summed E-state index contributed by atoms with van der Waals surface area (Å²) < 4.78 is 7.58. The standard InChI is InChI=1S/C10H13IN2O4/c1-5-8(15)6(4-11)17-9(5)13-3-2-7(14)12-10(13)16/h2-3,5-6,8-9,15H,4H2,1H3,(H,12,14,16)/t5-,6-,8-,9-/m1/s1. The Hall–Kier alpha value is -0.670. The van der Waals surface area contributed by atoms with E-state index in [0.717, 1.165) is 0 Å². The number of aromatic amines is 1. The Morgan fingerprint density at radius 3 is 2.82 bits per heavy atom. The van der Waals surface area contributed by atoms with E-state index in [1.165, 1.54) is 16.8 Å². The molecule has 1 aliphatic heterocycles. The third kappa shape index (κ3) is 2.31. The van der Waals surface area contributed by atoms with Gasteiger partial charge in [-0.1, -0.05) is 29.5 Å². The Bertz CT molecular complexity index is 512. The lowest BCUT2D eigenvalue weighted by Crippen LogP contribution is -2.33. The van der Waals surface area contributed by atoms with Gasteiger partial charge < -0.3 is 9.84 Å². The Morgan fingerprint density at radius 2 is 2.29 bits per heavy atom. The zero-order valence-corrected chi connectivity index (χ0v) is 11.3. The number of halogens is 1. The summed E-state index contributed by atoms with van der Waals surface area (Å²) in [6.45, 7) is 1.82. The van der Waals surface area contributed by atoms with Gasteiger partial charge in [0, 0.05) is 22.6 Å². The second-order valence-electron chi connectivity index (χ2n) is 4.09. The monoisotopic (exact) mass is 352 g/mol. The van der Waals surface area contributed by atoms with Crippen LogP contribution in [0.15, 0.2) is 21.9 Å². The second kappa shape index (κ2) is 4.91. The minimum absolute atomic E-state index is 0.196. The normalized spacial score (nSPS) is 32.9. The van der Waals surface area contributed by atoms with Crippen molar-refractivity contribution in [3.8, 4) is 0 Å². The van der Waals surface area contributed by atoms with E-state index in [1.807, 2.05) is 6.92 Å². The number of ether oxygens (including phenoxy) is 1. The zero-order chi connectivity index (χ0) is 12.6. The Kier molecular flexibility index (Phi) is 3.69. The highest BCUT2D eigenvalue weighted by molar-refractivity contribution is 14.1. The predicted octanol–water partition coefficient (Wildman–Crippen LogP) is -0.134. The summed E-state index contributed by atoms with van der Waals surface area (Å²) in [4.78, 5) is 24.8. The van der Waals surface area contributed by atoms with Crippen molar-refractivity contribution in [3.05, 3.63) is 33.1 Å². The maximum atomic E-state index is 11.6. The lowest BCUT2D eigenvalue weighted by atomic mass is 10.0. The van der Waals surface area contributed by atoms with E-state index in [-0.39, 0.29) is 12.0 Å². The van der Waals surface area contributed by atoms with Crippen molar-refractivity contribution in [3.63, 3.8) is 0 Å². The summed E-state index contributed by atoms with van der Waals surface area (Å²) in [6, 6.07) is 1.27. The quantitative estimate of drug-likeness (QED) is 0.574. The Labute approximate surface area is 111 Å². The SMILES string of the molecule is C[C@@H]1[C@@H](O)[C@@H](CI)O[C@H]1n1ccc(=O)[nH]c1=O. The van der Waals surface area contributed by atoms with Gasteiger partial charge in [-0.05, 0) is 0 Å². The lowest BCUT2D eigenvalue weighted by molar-refractivity contribution is -0.0106. The van der Waals surface area contributed by atoms with Crippen molar-refractivity contribution >= 4 is 22.6 Å². The Balaban J connectivity index is 2.35. The molecule has 0 amide bonds. The number of hydrogen-bond donors (Lipinski definition) is 2. The molecule has 0 aliphatic carbocycles. The average Bonchev–Trinajstić information content (AvgIpc) is 2.57. The van der Waals surface area contributed by atoms with Gasteiger partial charge in [-0.25, -0.2) is 4.79 Å². The molecular formula is C10H13IN2O4. The summed E-state index contributed by atoms with van der Waals surface area (Å²) in [7, 11) is 0. The third-order valence-electron chi connectivity index (χ3n) is 2.96. The van der Waals surface area contributed by atoms with Gasteiger partial charge in [-0.2, -0.15) is 0 Å². The molecule has 1 saturated heterocycles. The molecule has 2 rings (SSSR count). The molecule has 7 heteroatoms. The van der Waals surface area contributed by atoms with E-state index in [4.69, 9.17) is 4.74 Å². The van der Waals surface area contributed by atoms with E-state index in [9.17, 15) is 14.7 Å². The van der Waals surface area contributed by atoms with Crippen molar-refractivity contribution < 1.29 is 9.84 Å². The first-order valence-electron chi connectivity index (χ1n) is 5.25. The number of hydrogen-bond acceptors (Lipinski definition) is 4. The van der Waals surface area contributed by atoms with Gasteiger partial charge in [0.25, 0.3) is 5.56 Å². The topological polar surface area (TPSA) is 84.3 Å². The van der Waals surface area contributed by atoms with E-state index in [2.05, 4.69) is 27.6 Å². The molecule has 0 unspecified atom stereocenters. The molecule has 1 aromatic rings. The zero-order valence-electron chi connectivity index (χ0n) is 9.17. The maximum Gasteiger partial charge on any atom is 0.330 e. The predicted molar refractivity (Wildman–Crippen MR) is 69.3 cm³/mol. The van der Waals surface area contributed by atoms with Crippen molar-refractivity contribution in [2.24, 2.45) is 5.92 Å². The highest BCUT2D eigenvalue weighted by Gasteiger charge is 2.41.